The SMILES string of the molecule is C=C[SiH](OC)C(OC(C)=O)OC(C)=O. The molecule has 80 valence electrons. The van der Waals surface area contributed by atoms with Crippen molar-refractivity contribution in [2.24, 2.45) is 0 Å². The number of hydrogen-bond acceptors (Lipinski definition) is 5. The van der Waals surface area contributed by atoms with Crippen molar-refractivity contribution in [1.29, 1.82) is 0 Å². The van der Waals surface area contributed by atoms with Crippen molar-refractivity contribution in [1.82, 2.24) is 0 Å². The molecule has 0 heterocycles. The van der Waals surface area contributed by atoms with Gasteiger partial charge in [-0.3, -0.25) is 9.59 Å². The van der Waals surface area contributed by atoms with Crippen molar-refractivity contribution in [3.8, 4) is 0 Å². The zero-order valence-electron chi connectivity index (χ0n) is 8.48. The van der Waals surface area contributed by atoms with Crippen molar-refractivity contribution in [2.75, 3.05) is 7.11 Å². The molecule has 1 unspecified atom stereocenters. The summed E-state index contributed by atoms with van der Waals surface area (Å²) in [5.74, 6) is -1.98. The van der Waals surface area contributed by atoms with Gasteiger partial charge in [0.15, 0.2) is 0 Å². The Bertz CT molecular complexity index is 212. The highest BCUT2D eigenvalue weighted by molar-refractivity contribution is 6.58. The van der Waals surface area contributed by atoms with E-state index in [9.17, 15) is 9.59 Å². The first-order valence-electron chi connectivity index (χ1n) is 4.01. The quantitative estimate of drug-likeness (QED) is 0.371. The largest absolute Gasteiger partial charge is 0.427 e. The summed E-state index contributed by atoms with van der Waals surface area (Å²) < 4.78 is 14.6. The number of ether oxygens (including phenoxy) is 2. The van der Waals surface area contributed by atoms with E-state index in [1.807, 2.05) is 0 Å². The van der Waals surface area contributed by atoms with Crippen LogP contribution in [0.3, 0.4) is 0 Å². The molecule has 0 saturated heterocycles. The van der Waals surface area contributed by atoms with Crippen LogP contribution in [0.5, 0.6) is 0 Å². The predicted molar refractivity (Wildman–Crippen MR) is 51.7 cm³/mol. The Hall–Kier alpha value is -1.14. The standard InChI is InChI=1S/C8H14O5Si/c1-5-14(11-4)8(12-6(2)9)13-7(3)10/h5,8,14H,1H2,2-4H3. The number of rotatable bonds is 5. The molecule has 0 bridgehead atoms. The number of esters is 2. The predicted octanol–water partition coefficient (Wildman–Crippen LogP) is 0.0733. The highest BCUT2D eigenvalue weighted by Gasteiger charge is 2.26. The molecule has 14 heavy (non-hydrogen) atoms. The molecule has 6 heteroatoms. The van der Waals surface area contributed by atoms with Gasteiger partial charge < -0.3 is 13.9 Å². The Morgan fingerprint density at radius 2 is 1.71 bits per heavy atom. The van der Waals surface area contributed by atoms with E-state index in [4.69, 9.17) is 13.9 Å². The van der Waals surface area contributed by atoms with E-state index in [0.29, 0.717) is 0 Å². The van der Waals surface area contributed by atoms with E-state index < -0.39 is 26.9 Å². The fraction of sp³-hybridized carbons (Fsp3) is 0.500. The zero-order valence-corrected chi connectivity index (χ0v) is 9.64. The third-order valence-corrected chi connectivity index (χ3v) is 3.15. The van der Waals surface area contributed by atoms with E-state index in [0.717, 1.165) is 0 Å². The molecule has 0 rings (SSSR count). The van der Waals surface area contributed by atoms with Gasteiger partial charge in [-0.2, -0.15) is 0 Å². The molecule has 0 aliphatic carbocycles. The normalized spacial score (nSPS) is 12.0. The first-order valence-corrected chi connectivity index (χ1v) is 5.81. The molecule has 0 aliphatic heterocycles. The molecule has 0 N–H and O–H groups in total. The van der Waals surface area contributed by atoms with Crippen LogP contribution in [0.4, 0.5) is 0 Å². The summed E-state index contributed by atoms with van der Waals surface area (Å²) in [6.45, 7) is 6.00. The minimum absolute atomic E-state index is 0.521. The van der Waals surface area contributed by atoms with Gasteiger partial charge in [0.1, 0.15) is 0 Å². The van der Waals surface area contributed by atoms with Crippen molar-refractivity contribution in [3.05, 3.63) is 12.3 Å². The van der Waals surface area contributed by atoms with Gasteiger partial charge in [-0.25, -0.2) is 0 Å². The summed E-state index contributed by atoms with van der Waals surface area (Å²) in [7, 11) is -0.585. The van der Waals surface area contributed by atoms with E-state index in [-0.39, 0.29) is 0 Å². The molecule has 0 saturated carbocycles. The third kappa shape index (κ3) is 4.78. The van der Waals surface area contributed by atoms with Gasteiger partial charge in [-0.1, -0.05) is 5.70 Å². The van der Waals surface area contributed by atoms with E-state index in [1.54, 1.807) is 0 Å². The lowest BCUT2D eigenvalue weighted by atomic mass is 10.8. The average molecular weight is 218 g/mol. The molecule has 1 atom stereocenters. The Balaban J connectivity index is 4.42. The van der Waals surface area contributed by atoms with Crippen LogP contribution < -0.4 is 0 Å². The van der Waals surface area contributed by atoms with Crippen LogP contribution in [0.25, 0.3) is 0 Å². The third-order valence-electron chi connectivity index (χ3n) is 1.34. The second kappa shape index (κ2) is 6.33. The molecule has 0 aliphatic rings. The molecule has 0 spiro atoms. The lowest BCUT2D eigenvalue weighted by molar-refractivity contribution is -0.173. The van der Waals surface area contributed by atoms with Gasteiger partial charge in [0.2, 0.25) is 0 Å². The first-order chi connectivity index (χ1) is 6.51. The molecular formula is C8H14O5Si. The van der Waals surface area contributed by atoms with Crippen molar-refractivity contribution >= 4 is 21.0 Å². The highest BCUT2D eigenvalue weighted by atomic mass is 28.3. The smallest absolute Gasteiger partial charge is 0.305 e. The van der Waals surface area contributed by atoms with Gasteiger partial charge in [-0.15, -0.1) is 6.58 Å². The summed E-state index contributed by atoms with van der Waals surface area (Å²) >= 11 is 0. The molecule has 0 fully saturated rings. The fourth-order valence-electron chi connectivity index (χ4n) is 0.804. The minimum Gasteiger partial charge on any atom is -0.427 e. The summed E-state index contributed by atoms with van der Waals surface area (Å²) in [5, 5.41) is 0. The van der Waals surface area contributed by atoms with Crippen LogP contribution in [-0.2, 0) is 23.5 Å². The van der Waals surface area contributed by atoms with Crippen LogP contribution in [0.1, 0.15) is 13.8 Å². The van der Waals surface area contributed by atoms with Crippen LogP contribution in [0.2, 0.25) is 0 Å². The van der Waals surface area contributed by atoms with Gasteiger partial charge in [0, 0.05) is 21.0 Å². The lowest BCUT2D eigenvalue weighted by Gasteiger charge is -2.20. The van der Waals surface area contributed by atoms with Crippen molar-refractivity contribution in [2.45, 2.75) is 19.8 Å². The first kappa shape index (κ1) is 12.9. The molecule has 0 aromatic carbocycles. The lowest BCUT2D eigenvalue weighted by Crippen LogP contribution is -2.38. The maximum atomic E-state index is 10.7. The van der Waals surface area contributed by atoms with E-state index in [2.05, 4.69) is 6.58 Å². The van der Waals surface area contributed by atoms with E-state index in [1.165, 1.54) is 26.7 Å². The van der Waals surface area contributed by atoms with Gasteiger partial charge in [-0.05, 0) is 0 Å². The summed E-state index contributed by atoms with van der Waals surface area (Å²) in [6, 6.07) is 0. The Morgan fingerprint density at radius 1 is 1.29 bits per heavy atom. The topological polar surface area (TPSA) is 61.8 Å². The van der Waals surface area contributed by atoms with Crippen LogP contribution in [0.15, 0.2) is 12.3 Å². The van der Waals surface area contributed by atoms with Crippen molar-refractivity contribution in [3.63, 3.8) is 0 Å². The molecule has 0 aromatic heterocycles. The van der Waals surface area contributed by atoms with Gasteiger partial charge >= 0.3 is 11.9 Å². The Morgan fingerprint density at radius 3 is 1.93 bits per heavy atom. The molecule has 5 nitrogen and oxygen atoms in total. The average Bonchev–Trinajstić information content (AvgIpc) is 2.03. The van der Waals surface area contributed by atoms with Crippen molar-refractivity contribution < 1.29 is 23.5 Å². The summed E-state index contributed by atoms with van der Waals surface area (Å²) in [6.07, 6.45) is 0. The summed E-state index contributed by atoms with van der Waals surface area (Å²) in [5.41, 5.74) is 1.52. The molecule has 0 aromatic rings. The monoisotopic (exact) mass is 218 g/mol. The maximum Gasteiger partial charge on any atom is 0.305 e. The van der Waals surface area contributed by atoms with Crippen LogP contribution >= 0.6 is 0 Å². The minimum atomic E-state index is -2.04. The highest BCUT2D eigenvalue weighted by Crippen LogP contribution is 2.03. The van der Waals surface area contributed by atoms with E-state index >= 15 is 0 Å². The number of carbonyl (C=O) groups excluding carboxylic acids is 2. The second-order valence-corrected chi connectivity index (χ2v) is 4.94. The second-order valence-electron chi connectivity index (χ2n) is 2.52. The number of hydrogen-bond donors (Lipinski definition) is 0. The molecular weight excluding hydrogens is 204 g/mol. The number of carbonyl (C=O) groups is 2. The Kier molecular flexibility index (Phi) is 5.81. The van der Waals surface area contributed by atoms with Crippen LogP contribution in [0, 0.1) is 0 Å². The maximum absolute atomic E-state index is 10.7. The molecule has 0 radical (unpaired) electrons. The van der Waals surface area contributed by atoms with Crippen LogP contribution in [-0.4, -0.2) is 34.0 Å². The zero-order chi connectivity index (χ0) is 11.1. The Labute approximate surface area is 84.4 Å². The van der Waals surface area contributed by atoms with Gasteiger partial charge in [0.25, 0.3) is 15.0 Å². The fourth-order valence-corrected chi connectivity index (χ4v) is 2.09. The summed E-state index contributed by atoms with van der Waals surface area (Å²) in [4.78, 5) is 21.4. The molecule has 0 amide bonds. The van der Waals surface area contributed by atoms with Gasteiger partial charge in [0.05, 0.1) is 0 Å².